The van der Waals surface area contributed by atoms with Crippen LogP contribution < -0.4 is 4.74 Å². The maximum atomic E-state index is 6.57. The summed E-state index contributed by atoms with van der Waals surface area (Å²) >= 11 is 6.57. The molecule has 1 heterocycles. The Hall–Kier alpha value is -1.93. The molecule has 0 radical (unpaired) electrons. The van der Waals surface area contributed by atoms with E-state index in [0.717, 1.165) is 41.4 Å². The minimum absolute atomic E-state index is 0.773. The number of methoxy groups -OCH3 is 1. The molecule has 0 atom stereocenters. The Balaban J connectivity index is 1.74. The maximum Gasteiger partial charge on any atom is 0.119 e. The molecule has 2 aromatic carbocycles. The topological polar surface area (TPSA) is 12.5 Å². The number of nitrogens with zero attached hydrogens (tertiary/aromatic N) is 1. The molecule has 3 rings (SSSR count). The molecule has 0 amide bonds. The molecular weight excluding hydrogens is 330 g/mol. The predicted molar refractivity (Wildman–Crippen MR) is 106 cm³/mol. The molecule has 1 fully saturated rings. The van der Waals surface area contributed by atoms with Gasteiger partial charge >= 0.3 is 0 Å². The van der Waals surface area contributed by atoms with Gasteiger partial charge in [0, 0.05) is 35.8 Å². The molecule has 0 bridgehead atoms. The smallest absolute Gasteiger partial charge is 0.119 e. The molecule has 0 saturated carbocycles. The van der Waals surface area contributed by atoms with Crippen LogP contribution in [0.2, 0.25) is 5.02 Å². The summed E-state index contributed by atoms with van der Waals surface area (Å²) in [7, 11) is 1.68. The molecule has 1 saturated heterocycles. The average molecular weight is 356 g/mol. The predicted octanol–water partition coefficient (Wildman–Crippen LogP) is 5.95. The van der Waals surface area contributed by atoms with Crippen LogP contribution >= 0.6 is 11.6 Å². The standard InChI is InChI=1S/C22H26ClNO/c1-17(24-12-5-3-4-6-13-24)14-18-10-11-21(22(23)15-18)19-8-7-9-20(16-19)25-2/h7-11,15-16H,1,3-6,12-14H2,2H3. The number of halogens is 1. The van der Waals surface area contributed by atoms with Crippen molar-refractivity contribution < 1.29 is 4.74 Å². The zero-order valence-electron chi connectivity index (χ0n) is 14.9. The lowest BCUT2D eigenvalue weighted by molar-refractivity contribution is 0.352. The second-order valence-electron chi connectivity index (χ2n) is 6.69. The van der Waals surface area contributed by atoms with E-state index in [0.29, 0.717) is 0 Å². The molecule has 2 nitrogen and oxygen atoms in total. The third-order valence-electron chi connectivity index (χ3n) is 4.88. The second kappa shape index (κ2) is 8.44. The minimum Gasteiger partial charge on any atom is -0.497 e. The summed E-state index contributed by atoms with van der Waals surface area (Å²) in [6, 6.07) is 14.3. The Kier molecular flexibility index (Phi) is 6.04. The van der Waals surface area contributed by atoms with Crippen molar-refractivity contribution in [3.8, 4) is 16.9 Å². The van der Waals surface area contributed by atoms with Crippen molar-refractivity contribution in [2.75, 3.05) is 20.2 Å². The van der Waals surface area contributed by atoms with Gasteiger partial charge in [0.05, 0.1) is 7.11 Å². The van der Waals surface area contributed by atoms with E-state index in [1.165, 1.54) is 36.9 Å². The number of hydrogen-bond acceptors (Lipinski definition) is 2. The summed E-state index contributed by atoms with van der Waals surface area (Å²) in [5.41, 5.74) is 4.52. The van der Waals surface area contributed by atoms with Gasteiger partial charge in [-0.25, -0.2) is 0 Å². The van der Waals surface area contributed by atoms with Crippen LogP contribution in [0.25, 0.3) is 11.1 Å². The first kappa shape index (κ1) is 17.9. The Morgan fingerprint density at radius 3 is 2.52 bits per heavy atom. The molecule has 1 aliphatic heterocycles. The van der Waals surface area contributed by atoms with Crippen LogP contribution in [0, 0.1) is 0 Å². The van der Waals surface area contributed by atoms with Crippen molar-refractivity contribution in [3.63, 3.8) is 0 Å². The van der Waals surface area contributed by atoms with Crippen LogP contribution in [0.4, 0.5) is 0 Å². The molecule has 0 aromatic heterocycles. The third kappa shape index (κ3) is 4.58. The number of ether oxygens (including phenoxy) is 1. The number of allylic oxidation sites excluding steroid dienone is 1. The minimum atomic E-state index is 0.773. The lowest BCUT2D eigenvalue weighted by Gasteiger charge is -2.25. The normalized spacial score (nSPS) is 14.9. The highest BCUT2D eigenvalue weighted by Crippen LogP contribution is 2.31. The van der Waals surface area contributed by atoms with E-state index in [2.05, 4.69) is 35.7 Å². The van der Waals surface area contributed by atoms with Gasteiger partial charge in [-0.1, -0.05) is 55.3 Å². The van der Waals surface area contributed by atoms with Gasteiger partial charge in [-0.05, 0) is 42.2 Å². The molecule has 3 heteroatoms. The fourth-order valence-corrected chi connectivity index (χ4v) is 3.74. The van der Waals surface area contributed by atoms with Gasteiger partial charge in [-0.3, -0.25) is 0 Å². The summed E-state index contributed by atoms with van der Waals surface area (Å²) in [5, 5.41) is 0.773. The summed E-state index contributed by atoms with van der Waals surface area (Å²) in [5.74, 6) is 0.840. The van der Waals surface area contributed by atoms with Gasteiger partial charge in [-0.2, -0.15) is 0 Å². The molecule has 132 valence electrons. The zero-order valence-corrected chi connectivity index (χ0v) is 15.7. The Bertz CT molecular complexity index is 733. The van der Waals surface area contributed by atoms with Crippen LogP contribution in [0.1, 0.15) is 31.2 Å². The van der Waals surface area contributed by atoms with E-state index < -0.39 is 0 Å². The fraction of sp³-hybridized carbons (Fsp3) is 0.364. The molecule has 0 aliphatic carbocycles. The van der Waals surface area contributed by atoms with Gasteiger partial charge in [-0.15, -0.1) is 0 Å². The summed E-state index contributed by atoms with van der Waals surface area (Å²) < 4.78 is 5.31. The van der Waals surface area contributed by atoms with E-state index in [-0.39, 0.29) is 0 Å². The van der Waals surface area contributed by atoms with Crippen molar-refractivity contribution in [3.05, 3.63) is 65.3 Å². The highest BCUT2D eigenvalue weighted by molar-refractivity contribution is 6.33. The second-order valence-corrected chi connectivity index (χ2v) is 7.10. The molecule has 2 aromatic rings. The molecule has 0 spiro atoms. The van der Waals surface area contributed by atoms with Crippen molar-refractivity contribution in [1.82, 2.24) is 4.90 Å². The lowest BCUT2D eigenvalue weighted by Crippen LogP contribution is -2.24. The van der Waals surface area contributed by atoms with Gasteiger partial charge in [0.25, 0.3) is 0 Å². The summed E-state index contributed by atoms with van der Waals surface area (Å²) in [4.78, 5) is 2.44. The van der Waals surface area contributed by atoms with Crippen LogP contribution in [-0.2, 0) is 6.42 Å². The number of likely N-dealkylation sites (tertiary alicyclic amines) is 1. The summed E-state index contributed by atoms with van der Waals surface area (Å²) in [6.07, 6.45) is 6.08. The first-order valence-electron chi connectivity index (χ1n) is 9.03. The van der Waals surface area contributed by atoms with Gasteiger partial charge in [0.2, 0.25) is 0 Å². The molecule has 25 heavy (non-hydrogen) atoms. The van der Waals surface area contributed by atoms with Crippen LogP contribution in [0.15, 0.2) is 54.7 Å². The summed E-state index contributed by atoms with van der Waals surface area (Å²) in [6.45, 7) is 6.58. The van der Waals surface area contributed by atoms with Crippen molar-refractivity contribution in [1.29, 1.82) is 0 Å². The number of benzene rings is 2. The van der Waals surface area contributed by atoms with E-state index >= 15 is 0 Å². The van der Waals surface area contributed by atoms with E-state index in [1.807, 2.05) is 18.2 Å². The first-order chi connectivity index (χ1) is 12.2. The largest absolute Gasteiger partial charge is 0.497 e. The van der Waals surface area contributed by atoms with Gasteiger partial charge in [0.1, 0.15) is 5.75 Å². The quantitative estimate of drug-likeness (QED) is 0.657. The van der Waals surface area contributed by atoms with E-state index in [4.69, 9.17) is 16.3 Å². The van der Waals surface area contributed by atoms with Gasteiger partial charge < -0.3 is 9.64 Å². The molecular formula is C22H26ClNO. The average Bonchev–Trinajstić information content (AvgIpc) is 2.91. The van der Waals surface area contributed by atoms with Crippen LogP contribution in [0.5, 0.6) is 5.75 Å². The zero-order chi connectivity index (χ0) is 17.6. The van der Waals surface area contributed by atoms with Crippen molar-refractivity contribution in [2.45, 2.75) is 32.1 Å². The number of rotatable bonds is 5. The SMILES string of the molecule is C=C(Cc1ccc(-c2cccc(OC)c2)c(Cl)c1)N1CCCCCC1. The first-order valence-corrected chi connectivity index (χ1v) is 9.41. The van der Waals surface area contributed by atoms with Crippen molar-refractivity contribution in [2.24, 2.45) is 0 Å². The molecule has 0 N–H and O–H groups in total. The molecule has 1 aliphatic rings. The maximum absolute atomic E-state index is 6.57. The molecule has 0 unspecified atom stereocenters. The van der Waals surface area contributed by atoms with E-state index in [9.17, 15) is 0 Å². The fourth-order valence-electron chi connectivity index (χ4n) is 3.43. The lowest BCUT2D eigenvalue weighted by atomic mass is 10.0. The van der Waals surface area contributed by atoms with Crippen LogP contribution in [-0.4, -0.2) is 25.1 Å². The highest BCUT2D eigenvalue weighted by Gasteiger charge is 2.12. The van der Waals surface area contributed by atoms with Gasteiger partial charge in [0.15, 0.2) is 0 Å². The Labute approximate surface area is 156 Å². The monoisotopic (exact) mass is 355 g/mol. The van der Waals surface area contributed by atoms with E-state index in [1.54, 1.807) is 7.11 Å². The Morgan fingerprint density at radius 2 is 1.84 bits per heavy atom. The van der Waals surface area contributed by atoms with Crippen molar-refractivity contribution >= 4 is 11.6 Å². The number of hydrogen-bond donors (Lipinski definition) is 0. The third-order valence-corrected chi connectivity index (χ3v) is 5.19. The highest BCUT2D eigenvalue weighted by atomic mass is 35.5. The Morgan fingerprint density at radius 1 is 1.08 bits per heavy atom. The van der Waals surface area contributed by atoms with Crippen LogP contribution in [0.3, 0.4) is 0 Å².